The minimum atomic E-state index is 0.227. The van der Waals surface area contributed by atoms with Gasteiger partial charge in [-0.15, -0.1) is 0 Å². The maximum Gasteiger partial charge on any atom is 0.145 e. The maximum atomic E-state index is 5.35. The van der Waals surface area contributed by atoms with Crippen LogP contribution in [0.1, 0.15) is 32.5 Å². The third-order valence-electron chi connectivity index (χ3n) is 2.67. The molecule has 5 nitrogen and oxygen atoms in total. The van der Waals surface area contributed by atoms with Crippen LogP contribution in [0.15, 0.2) is 6.07 Å². The quantitative estimate of drug-likeness (QED) is 0.512. The van der Waals surface area contributed by atoms with Crippen LogP contribution in [0.4, 0.5) is 11.6 Å². The third kappa shape index (κ3) is 2.36. The number of nitrogens with two attached hydrogens (primary N) is 1. The van der Waals surface area contributed by atoms with Crippen LogP contribution in [0.2, 0.25) is 0 Å². The Bertz CT molecular complexity index is 337. The van der Waals surface area contributed by atoms with Crippen molar-refractivity contribution in [1.29, 1.82) is 0 Å². The minimum absolute atomic E-state index is 0.227. The molecular weight excluding hydrogens is 190 g/mol. The largest absolute Gasteiger partial charge is 0.365 e. The Labute approximate surface area is 89.5 Å². The van der Waals surface area contributed by atoms with Crippen molar-refractivity contribution >= 4 is 11.6 Å². The third-order valence-corrected chi connectivity index (χ3v) is 2.67. The van der Waals surface area contributed by atoms with E-state index in [0.29, 0.717) is 5.82 Å². The van der Waals surface area contributed by atoms with Gasteiger partial charge in [-0.25, -0.2) is 15.8 Å². The number of nitrogen functional groups attached to an aromatic ring is 1. The smallest absolute Gasteiger partial charge is 0.145 e. The highest BCUT2D eigenvalue weighted by Gasteiger charge is 2.37. The van der Waals surface area contributed by atoms with E-state index in [2.05, 4.69) is 27.6 Å². The van der Waals surface area contributed by atoms with Crippen LogP contribution in [-0.2, 0) is 6.42 Å². The molecule has 1 aromatic rings. The molecule has 0 saturated heterocycles. The fourth-order valence-electron chi connectivity index (χ4n) is 1.41. The molecular formula is C10H17N5. The van der Waals surface area contributed by atoms with Gasteiger partial charge < -0.3 is 10.7 Å². The molecule has 1 aliphatic rings. The first kappa shape index (κ1) is 10.2. The summed E-state index contributed by atoms with van der Waals surface area (Å²) < 4.78 is 0. The molecule has 0 amide bonds. The van der Waals surface area contributed by atoms with Crippen LogP contribution in [0.25, 0.3) is 0 Å². The van der Waals surface area contributed by atoms with Gasteiger partial charge in [-0.1, -0.05) is 6.92 Å². The first-order chi connectivity index (χ1) is 7.15. The van der Waals surface area contributed by atoms with Gasteiger partial charge in [0.25, 0.3) is 0 Å². The molecule has 0 radical (unpaired) electrons. The van der Waals surface area contributed by atoms with E-state index >= 15 is 0 Å². The molecule has 1 aliphatic carbocycles. The minimum Gasteiger partial charge on any atom is -0.365 e. The normalized spacial score (nSPS) is 17.3. The Balaban J connectivity index is 2.21. The second-order valence-corrected chi connectivity index (χ2v) is 4.24. The van der Waals surface area contributed by atoms with Gasteiger partial charge in [-0.05, 0) is 19.8 Å². The van der Waals surface area contributed by atoms with Crippen molar-refractivity contribution in [2.45, 2.75) is 38.6 Å². The molecule has 1 fully saturated rings. The van der Waals surface area contributed by atoms with E-state index in [4.69, 9.17) is 5.84 Å². The molecule has 0 aliphatic heterocycles. The van der Waals surface area contributed by atoms with Gasteiger partial charge in [0, 0.05) is 18.0 Å². The van der Waals surface area contributed by atoms with Crippen LogP contribution in [-0.4, -0.2) is 15.5 Å². The van der Waals surface area contributed by atoms with Gasteiger partial charge in [0.05, 0.1) is 0 Å². The highest BCUT2D eigenvalue weighted by Crippen LogP contribution is 2.37. The molecule has 0 bridgehead atoms. The van der Waals surface area contributed by atoms with Gasteiger partial charge in [0.15, 0.2) is 0 Å². The van der Waals surface area contributed by atoms with E-state index in [0.717, 1.165) is 18.1 Å². The van der Waals surface area contributed by atoms with Crippen molar-refractivity contribution in [3.8, 4) is 0 Å². The molecule has 2 rings (SSSR count). The summed E-state index contributed by atoms with van der Waals surface area (Å²) in [6.07, 6.45) is 3.20. The first-order valence-corrected chi connectivity index (χ1v) is 5.28. The fraction of sp³-hybridized carbons (Fsp3) is 0.600. The average Bonchev–Trinajstić information content (AvgIpc) is 2.95. The van der Waals surface area contributed by atoms with Crippen molar-refractivity contribution in [2.75, 3.05) is 10.7 Å². The lowest BCUT2D eigenvalue weighted by Crippen LogP contribution is -2.19. The Morgan fingerprint density at radius 1 is 1.40 bits per heavy atom. The summed E-state index contributed by atoms with van der Waals surface area (Å²) in [5.74, 6) is 7.67. The molecule has 0 aromatic carbocycles. The number of aryl methyl sites for hydroxylation is 1. The summed E-state index contributed by atoms with van der Waals surface area (Å²) in [6, 6.07) is 1.84. The topological polar surface area (TPSA) is 75.9 Å². The van der Waals surface area contributed by atoms with Crippen molar-refractivity contribution in [2.24, 2.45) is 5.84 Å². The number of hydrogen-bond donors (Lipinski definition) is 3. The number of aromatic nitrogens is 2. The molecule has 5 heteroatoms. The van der Waals surface area contributed by atoms with E-state index in [1.54, 1.807) is 0 Å². The second-order valence-electron chi connectivity index (χ2n) is 4.24. The Morgan fingerprint density at radius 2 is 2.07 bits per heavy atom. The van der Waals surface area contributed by atoms with Crippen molar-refractivity contribution in [3.05, 3.63) is 11.9 Å². The number of rotatable bonds is 4. The van der Waals surface area contributed by atoms with Crippen LogP contribution >= 0.6 is 0 Å². The predicted octanol–water partition coefficient (Wildman–Crippen LogP) is 1.29. The number of nitrogens with zero attached hydrogens (tertiary/aromatic N) is 2. The van der Waals surface area contributed by atoms with Crippen LogP contribution in [0, 0.1) is 0 Å². The zero-order chi connectivity index (χ0) is 10.9. The standard InChI is InChI=1S/C10H17N5/c1-3-7-12-8(6-9(13-7)15-11)14-10(2)4-5-10/h6H,3-5,11H2,1-2H3,(H2,12,13,14,15). The van der Waals surface area contributed by atoms with Gasteiger partial charge in [0.2, 0.25) is 0 Å². The van der Waals surface area contributed by atoms with E-state index in [1.807, 2.05) is 13.0 Å². The van der Waals surface area contributed by atoms with Crippen molar-refractivity contribution in [3.63, 3.8) is 0 Å². The van der Waals surface area contributed by atoms with E-state index in [-0.39, 0.29) is 5.54 Å². The van der Waals surface area contributed by atoms with Crippen LogP contribution in [0.5, 0.6) is 0 Å². The molecule has 0 atom stereocenters. The summed E-state index contributed by atoms with van der Waals surface area (Å²) in [4.78, 5) is 8.64. The highest BCUT2D eigenvalue weighted by atomic mass is 15.3. The molecule has 1 aromatic heterocycles. The molecule has 1 saturated carbocycles. The molecule has 0 unspecified atom stereocenters. The number of nitrogens with one attached hydrogen (secondary N) is 2. The lowest BCUT2D eigenvalue weighted by atomic mass is 10.3. The lowest BCUT2D eigenvalue weighted by Gasteiger charge is -2.13. The first-order valence-electron chi connectivity index (χ1n) is 5.28. The van der Waals surface area contributed by atoms with E-state index in [1.165, 1.54) is 12.8 Å². The summed E-state index contributed by atoms with van der Waals surface area (Å²) >= 11 is 0. The SMILES string of the molecule is CCc1nc(NN)cc(NC2(C)CC2)n1. The van der Waals surface area contributed by atoms with Crippen LogP contribution < -0.4 is 16.6 Å². The van der Waals surface area contributed by atoms with Gasteiger partial charge in [0.1, 0.15) is 17.5 Å². The number of anilines is 2. The lowest BCUT2D eigenvalue weighted by molar-refractivity contribution is 0.812. The maximum absolute atomic E-state index is 5.35. The average molecular weight is 207 g/mol. The monoisotopic (exact) mass is 207 g/mol. The molecule has 15 heavy (non-hydrogen) atoms. The molecule has 4 N–H and O–H groups in total. The highest BCUT2D eigenvalue weighted by molar-refractivity contribution is 5.49. The fourth-order valence-corrected chi connectivity index (χ4v) is 1.41. The Kier molecular flexibility index (Phi) is 2.48. The van der Waals surface area contributed by atoms with Crippen molar-refractivity contribution in [1.82, 2.24) is 9.97 Å². The van der Waals surface area contributed by atoms with Gasteiger partial charge in [-0.2, -0.15) is 0 Å². The van der Waals surface area contributed by atoms with Gasteiger partial charge in [-0.3, -0.25) is 0 Å². The molecule has 0 spiro atoms. The van der Waals surface area contributed by atoms with E-state index < -0.39 is 0 Å². The summed E-state index contributed by atoms with van der Waals surface area (Å²) in [6.45, 7) is 4.22. The zero-order valence-electron chi connectivity index (χ0n) is 9.17. The van der Waals surface area contributed by atoms with Crippen molar-refractivity contribution < 1.29 is 0 Å². The number of hydrazine groups is 1. The second kappa shape index (κ2) is 3.66. The zero-order valence-corrected chi connectivity index (χ0v) is 9.17. The Hall–Kier alpha value is -1.36. The van der Waals surface area contributed by atoms with Gasteiger partial charge >= 0.3 is 0 Å². The molecule has 82 valence electrons. The molecule has 1 heterocycles. The Morgan fingerprint density at radius 3 is 2.60 bits per heavy atom. The van der Waals surface area contributed by atoms with E-state index in [9.17, 15) is 0 Å². The number of hydrogen-bond acceptors (Lipinski definition) is 5. The summed E-state index contributed by atoms with van der Waals surface area (Å²) in [5, 5.41) is 3.40. The summed E-state index contributed by atoms with van der Waals surface area (Å²) in [7, 11) is 0. The summed E-state index contributed by atoms with van der Waals surface area (Å²) in [5.41, 5.74) is 2.78. The predicted molar refractivity (Wildman–Crippen MR) is 60.5 cm³/mol. The van der Waals surface area contributed by atoms with Crippen LogP contribution in [0.3, 0.4) is 0 Å².